The molecule has 0 atom stereocenters. The summed E-state index contributed by atoms with van der Waals surface area (Å²) in [6.45, 7) is 6.48. The van der Waals surface area contributed by atoms with Crippen LogP contribution in [0, 0.1) is 6.92 Å². The van der Waals surface area contributed by atoms with Crippen molar-refractivity contribution in [3.05, 3.63) is 57.6 Å². The Morgan fingerprint density at radius 3 is 2.09 bits per heavy atom. The first kappa shape index (κ1) is 17.1. The first-order valence-corrected chi connectivity index (χ1v) is 8.17. The van der Waals surface area contributed by atoms with E-state index in [0.717, 1.165) is 11.4 Å². The van der Waals surface area contributed by atoms with Crippen molar-refractivity contribution >= 4 is 51.9 Å². The molecule has 0 spiro atoms. The fourth-order valence-corrected chi connectivity index (χ4v) is 2.80. The predicted molar refractivity (Wildman–Crippen MR) is 102 cm³/mol. The molecule has 0 unspecified atom stereocenters. The van der Waals surface area contributed by atoms with Crippen LogP contribution in [0.3, 0.4) is 0 Å². The van der Waals surface area contributed by atoms with Crippen LogP contribution in [0.15, 0.2) is 36.4 Å². The van der Waals surface area contributed by atoms with Gasteiger partial charge in [-0.15, -0.1) is 0 Å². The third-order valence-corrected chi connectivity index (χ3v) is 4.27. The molecule has 0 aliphatic carbocycles. The van der Waals surface area contributed by atoms with Crippen molar-refractivity contribution in [3.63, 3.8) is 0 Å². The summed E-state index contributed by atoms with van der Waals surface area (Å²) >= 11 is 17.2. The largest absolute Gasteiger partial charge is 0.332 e. The van der Waals surface area contributed by atoms with Gasteiger partial charge in [0, 0.05) is 11.4 Å². The maximum absolute atomic E-state index is 5.99. The molecular weight excluding hydrogens is 335 g/mol. The Hall–Kier alpha value is -1.29. The first-order chi connectivity index (χ1) is 10.4. The van der Waals surface area contributed by atoms with Crippen LogP contribution in [0.5, 0.6) is 0 Å². The van der Waals surface area contributed by atoms with Crippen molar-refractivity contribution in [2.24, 2.45) is 0 Å². The number of anilines is 2. The zero-order valence-corrected chi connectivity index (χ0v) is 15.0. The number of halogens is 2. The second-order valence-corrected chi connectivity index (χ2v) is 6.66. The highest BCUT2D eigenvalue weighted by molar-refractivity contribution is 7.80. The van der Waals surface area contributed by atoms with Crippen molar-refractivity contribution in [3.8, 4) is 0 Å². The molecule has 2 rings (SSSR count). The molecule has 116 valence electrons. The van der Waals surface area contributed by atoms with Crippen LogP contribution in [-0.2, 0) is 0 Å². The van der Waals surface area contributed by atoms with Crippen LogP contribution in [0.2, 0.25) is 10.0 Å². The molecule has 0 aromatic heterocycles. The van der Waals surface area contributed by atoms with Crippen molar-refractivity contribution < 1.29 is 0 Å². The van der Waals surface area contributed by atoms with Gasteiger partial charge < -0.3 is 10.6 Å². The molecule has 0 radical (unpaired) electrons. The van der Waals surface area contributed by atoms with Gasteiger partial charge in [-0.1, -0.05) is 43.1 Å². The summed E-state index contributed by atoms with van der Waals surface area (Å²) in [5.74, 6) is 0.510. The lowest BCUT2D eigenvalue weighted by atomic mass is 9.98. The molecule has 5 heteroatoms. The average Bonchev–Trinajstić information content (AvgIpc) is 2.42. The van der Waals surface area contributed by atoms with E-state index in [-0.39, 0.29) is 0 Å². The SMILES string of the molecule is Cc1cc(NC(=S)Nc2ccc(Cl)c(Cl)c2)ccc1C(C)C. The van der Waals surface area contributed by atoms with Gasteiger partial charge in [0.25, 0.3) is 0 Å². The molecule has 2 nitrogen and oxygen atoms in total. The summed E-state index contributed by atoms with van der Waals surface area (Å²) in [4.78, 5) is 0. The molecule has 0 bridgehead atoms. The molecule has 2 aromatic carbocycles. The highest BCUT2D eigenvalue weighted by Gasteiger charge is 2.06. The van der Waals surface area contributed by atoms with Crippen LogP contribution in [0.4, 0.5) is 11.4 Å². The molecule has 0 aliphatic heterocycles. The molecule has 0 fully saturated rings. The van der Waals surface area contributed by atoms with Gasteiger partial charge in [0.2, 0.25) is 0 Å². The lowest BCUT2D eigenvalue weighted by Gasteiger charge is -2.14. The number of hydrogen-bond donors (Lipinski definition) is 2. The zero-order valence-electron chi connectivity index (χ0n) is 12.7. The van der Waals surface area contributed by atoms with Crippen LogP contribution in [-0.4, -0.2) is 5.11 Å². The smallest absolute Gasteiger partial charge is 0.175 e. The number of aryl methyl sites for hydroxylation is 1. The van der Waals surface area contributed by atoms with E-state index in [4.69, 9.17) is 35.4 Å². The van der Waals surface area contributed by atoms with E-state index in [1.165, 1.54) is 11.1 Å². The molecule has 0 heterocycles. The van der Waals surface area contributed by atoms with Crippen LogP contribution in [0.1, 0.15) is 30.9 Å². The summed E-state index contributed by atoms with van der Waals surface area (Å²) in [6.07, 6.45) is 0. The minimum atomic E-state index is 0.492. The van der Waals surface area contributed by atoms with E-state index in [9.17, 15) is 0 Å². The number of hydrogen-bond acceptors (Lipinski definition) is 1. The van der Waals surface area contributed by atoms with E-state index in [0.29, 0.717) is 21.1 Å². The lowest BCUT2D eigenvalue weighted by molar-refractivity contribution is 0.857. The minimum absolute atomic E-state index is 0.492. The molecule has 0 amide bonds. The average molecular weight is 353 g/mol. The number of nitrogens with one attached hydrogen (secondary N) is 2. The van der Waals surface area contributed by atoms with Gasteiger partial charge in [-0.05, 0) is 66.5 Å². The minimum Gasteiger partial charge on any atom is -0.332 e. The maximum Gasteiger partial charge on any atom is 0.175 e. The maximum atomic E-state index is 5.99. The zero-order chi connectivity index (χ0) is 16.3. The highest BCUT2D eigenvalue weighted by Crippen LogP contribution is 2.25. The molecule has 0 saturated heterocycles. The molecule has 2 N–H and O–H groups in total. The topological polar surface area (TPSA) is 24.1 Å². The van der Waals surface area contributed by atoms with E-state index in [1.54, 1.807) is 12.1 Å². The summed E-state index contributed by atoms with van der Waals surface area (Å²) in [5.41, 5.74) is 4.34. The second-order valence-electron chi connectivity index (χ2n) is 5.43. The lowest BCUT2D eigenvalue weighted by Crippen LogP contribution is -2.19. The van der Waals surface area contributed by atoms with E-state index in [2.05, 4.69) is 43.5 Å². The van der Waals surface area contributed by atoms with E-state index >= 15 is 0 Å². The third-order valence-electron chi connectivity index (χ3n) is 3.33. The van der Waals surface area contributed by atoms with Crippen molar-refractivity contribution in [1.82, 2.24) is 0 Å². The fourth-order valence-electron chi connectivity index (χ4n) is 2.27. The summed E-state index contributed by atoms with van der Waals surface area (Å²) in [6, 6.07) is 11.6. The molecule has 0 saturated carbocycles. The van der Waals surface area contributed by atoms with Crippen LogP contribution >= 0.6 is 35.4 Å². The molecular formula is C17H18Cl2N2S. The normalized spacial score (nSPS) is 10.6. The van der Waals surface area contributed by atoms with Gasteiger partial charge in [0.1, 0.15) is 0 Å². The van der Waals surface area contributed by atoms with E-state index in [1.807, 2.05) is 12.1 Å². The fraction of sp³-hybridized carbons (Fsp3) is 0.235. The second kappa shape index (κ2) is 7.32. The van der Waals surface area contributed by atoms with Gasteiger partial charge >= 0.3 is 0 Å². The Kier molecular flexibility index (Phi) is 5.68. The Bertz CT molecular complexity index is 699. The van der Waals surface area contributed by atoms with E-state index < -0.39 is 0 Å². The number of rotatable bonds is 3. The van der Waals surface area contributed by atoms with Gasteiger partial charge in [-0.3, -0.25) is 0 Å². The Morgan fingerprint density at radius 2 is 1.55 bits per heavy atom. The molecule has 22 heavy (non-hydrogen) atoms. The third kappa shape index (κ3) is 4.35. The van der Waals surface area contributed by atoms with Gasteiger partial charge in [-0.2, -0.15) is 0 Å². The monoisotopic (exact) mass is 352 g/mol. The van der Waals surface area contributed by atoms with Crippen molar-refractivity contribution in [2.75, 3.05) is 10.6 Å². The highest BCUT2D eigenvalue weighted by atomic mass is 35.5. The Labute approximate surface area is 146 Å². The van der Waals surface area contributed by atoms with Crippen LogP contribution in [0.25, 0.3) is 0 Å². The first-order valence-electron chi connectivity index (χ1n) is 7.00. The van der Waals surface area contributed by atoms with Gasteiger partial charge in [-0.25, -0.2) is 0 Å². The quantitative estimate of drug-likeness (QED) is 0.639. The van der Waals surface area contributed by atoms with Crippen molar-refractivity contribution in [1.29, 1.82) is 0 Å². The summed E-state index contributed by atoms with van der Waals surface area (Å²) in [7, 11) is 0. The van der Waals surface area contributed by atoms with Crippen molar-refractivity contribution in [2.45, 2.75) is 26.7 Å². The Balaban J connectivity index is 2.05. The number of benzene rings is 2. The summed E-state index contributed by atoms with van der Waals surface area (Å²) < 4.78 is 0. The molecule has 2 aromatic rings. The summed E-state index contributed by atoms with van der Waals surface area (Å²) in [5, 5.41) is 7.79. The molecule has 0 aliphatic rings. The predicted octanol–water partition coefficient (Wildman–Crippen LogP) is 6.23. The van der Waals surface area contributed by atoms with Gasteiger partial charge in [0.15, 0.2) is 5.11 Å². The van der Waals surface area contributed by atoms with Crippen LogP contribution < -0.4 is 10.6 Å². The number of thiocarbonyl (C=S) groups is 1. The Morgan fingerprint density at radius 1 is 0.955 bits per heavy atom. The van der Waals surface area contributed by atoms with Gasteiger partial charge in [0.05, 0.1) is 10.0 Å². The standard InChI is InChI=1S/C17H18Cl2N2S/c1-10(2)14-6-4-12(8-11(14)3)20-17(22)21-13-5-7-15(18)16(19)9-13/h4-10H,1-3H3,(H2,20,21,22).